The third kappa shape index (κ3) is 4.21. The van der Waals surface area contributed by atoms with Crippen LogP contribution >= 0.6 is 0 Å². The molecule has 5 nitrogen and oxygen atoms in total. The van der Waals surface area contributed by atoms with Gasteiger partial charge in [-0.25, -0.2) is 0 Å². The van der Waals surface area contributed by atoms with E-state index in [1.807, 2.05) is 13.0 Å². The summed E-state index contributed by atoms with van der Waals surface area (Å²) in [6.07, 6.45) is 0. The minimum atomic E-state index is -0.151. The second-order valence-corrected chi connectivity index (χ2v) is 4.75. The van der Waals surface area contributed by atoms with E-state index < -0.39 is 0 Å². The third-order valence-electron chi connectivity index (χ3n) is 3.17. The van der Waals surface area contributed by atoms with Gasteiger partial charge in [-0.15, -0.1) is 0 Å². The van der Waals surface area contributed by atoms with E-state index in [0.29, 0.717) is 25.3 Å². The van der Waals surface area contributed by atoms with Gasteiger partial charge in [-0.05, 0) is 26.0 Å². The fraction of sp³-hybridized carbons (Fsp3) is 0.533. The molecule has 1 atom stereocenters. The number of hydrogen-bond acceptors (Lipinski definition) is 5. The van der Waals surface area contributed by atoms with Gasteiger partial charge in [0.1, 0.15) is 5.75 Å². The minimum absolute atomic E-state index is 0.00188. The topological polar surface area (TPSA) is 59.0 Å². The Balaban J connectivity index is 3.00. The summed E-state index contributed by atoms with van der Waals surface area (Å²) in [6, 6.07) is 5.22. The largest absolute Gasteiger partial charge is 0.507 e. The number of rotatable bonds is 8. The molecule has 0 saturated heterocycles. The summed E-state index contributed by atoms with van der Waals surface area (Å²) in [5, 5.41) is 9.94. The van der Waals surface area contributed by atoms with E-state index in [-0.39, 0.29) is 17.6 Å². The third-order valence-corrected chi connectivity index (χ3v) is 3.17. The van der Waals surface area contributed by atoms with Gasteiger partial charge in [0.05, 0.1) is 18.8 Å². The van der Waals surface area contributed by atoms with Crippen LogP contribution in [0.4, 0.5) is 5.69 Å². The molecule has 0 aliphatic heterocycles. The lowest BCUT2D eigenvalue weighted by Gasteiger charge is -2.31. The van der Waals surface area contributed by atoms with Crippen molar-refractivity contribution in [1.82, 2.24) is 0 Å². The van der Waals surface area contributed by atoms with Gasteiger partial charge in [0.2, 0.25) is 0 Å². The van der Waals surface area contributed by atoms with Crippen LogP contribution in [0.15, 0.2) is 18.2 Å². The highest BCUT2D eigenvalue weighted by Gasteiger charge is 2.16. The fourth-order valence-corrected chi connectivity index (χ4v) is 2.12. The van der Waals surface area contributed by atoms with Gasteiger partial charge in [0, 0.05) is 38.6 Å². The van der Waals surface area contributed by atoms with Gasteiger partial charge >= 0.3 is 0 Å². The van der Waals surface area contributed by atoms with Crippen LogP contribution in [-0.2, 0) is 9.47 Å². The van der Waals surface area contributed by atoms with Crippen LogP contribution in [0.5, 0.6) is 5.75 Å². The molecule has 0 amide bonds. The second kappa shape index (κ2) is 7.87. The molecule has 112 valence electrons. The number of nitrogens with zero attached hydrogens (tertiary/aromatic N) is 1. The number of phenols is 1. The molecule has 0 aliphatic rings. The lowest BCUT2D eigenvalue weighted by Crippen LogP contribution is -2.38. The zero-order valence-electron chi connectivity index (χ0n) is 12.5. The standard InChI is InChI=1S/C15H23NO4/c1-11(10-20-4)16(7-8-19-3)13-5-6-14(12(2)17)15(18)9-13/h5-6,9,11,18H,7-8,10H2,1-4H3. The Morgan fingerprint density at radius 1 is 1.35 bits per heavy atom. The van der Waals surface area contributed by atoms with E-state index in [4.69, 9.17) is 9.47 Å². The van der Waals surface area contributed by atoms with Crippen LogP contribution in [0.2, 0.25) is 0 Å². The van der Waals surface area contributed by atoms with E-state index in [2.05, 4.69) is 4.90 Å². The smallest absolute Gasteiger partial charge is 0.163 e. The number of benzene rings is 1. The number of ether oxygens (including phenoxy) is 2. The summed E-state index contributed by atoms with van der Waals surface area (Å²) < 4.78 is 10.3. The molecule has 0 radical (unpaired) electrons. The number of ketones is 1. The highest BCUT2D eigenvalue weighted by molar-refractivity contribution is 5.97. The van der Waals surface area contributed by atoms with Crippen molar-refractivity contribution < 1.29 is 19.4 Å². The van der Waals surface area contributed by atoms with Crippen molar-refractivity contribution in [2.75, 3.05) is 38.9 Å². The molecule has 0 fully saturated rings. The molecule has 0 heterocycles. The summed E-state index contributed by atoms with van der Waals surface area (Å²) in [5.74, 6) is -0.149. The van der Waals surface area contributed by atoms with Crippen molar-refractivity contribution in [1.29, 1.82) is 0 Å². The van der Waals surface area contributed by atoms with Crippen molar-refractivity contribution in [2.24, 2.45) is 0 Å². The van der Waals surface area contributed by atoms with Crippen LogP contribution in [-0.4, -0.2) is 50.9 Å². The van der Waals surface area contributed by atoms with Crippen molar-refractivity contribution in [3.05, 3.63) is 23.8 Å². The first-order valence-electron chi connectivity index (χ1n) is 6.59. The van der Waals surface area contributed by atoms with Gasteiger partial charge in [0.15, 0.2) is 5.78 Å². The maximum atomic E-state index is 11.3. The second-order valence-electron chi connectivity index (χ2n) is 4.75. The average molecular weight is 281 g/mol. The van der Waals surface area contributed by atoms with Crippen molar-refractivity contribution in [3.8, 4) is 5.75 Å². The normalized spacial score (nSPS) is 12.2. The number of anilines is 1. The predicted octanol–water partition coefficient (Wildman–Crippen LogP) is 2.08. The zero-order chi connectivity index (χ0) is 15.1. The quantitative estimate of drug-likeness (QED) is 0.739. The summed E-state index contributed by atoms with van der Waals surface area (Å²) in [4.78, 5) is 13.4. The molecule has 0 aromatic heterocycles. The van der Waals surface area contributed by atoms with Crippen LogP contribution in [0.25, 0.3) is 0 Å². The molecule has 1 aromatic rings. The highest BCUT2D eigenvalue weighted by Crippen LogP contribution is 2.26. The van der Waals surface area contributed by atoms with Crippen LogP contribution in [0.3, 0.4) is 0 Å². The van der Waals surface area contributed by atoms with Gasteiger partial charge < -0.3 is 19.5 Å². The van der Waals surface area contributed by atoms with Gasteiger partial charge in [-0.3, -0.25) is 4.79 Å². The first-order valence-corrected chi connectivity index (χ1v) is 6.59. The van der Waals surface area contributed by atoms with Gasteiger partial charge in [-0.2, -0.15) is 0 Å². The lowest BCUT2D eigenvalue weighted by atomic mass is 10.1. The number of Topliss-reactive ketones (excluding diaryl/α,β-unsaturated/α-hetero) is 1. The maximum Gasteiger partial charge on any atom is 0.163 e. The van der Waals surface area contributed by atoms with Crippen molar-refractivity contribution >= 4 is 11.5 Å². The Morgan fingerprint density at radius 3 is 2.55 bits per heavy atom. The highest BCUT2D eigenvalue weighted by atomic mass is 16.5. The van der Waals surface area contributed by atoms with Crippen LogP contribution < -0.4 is 4.90 Å². The molecule has 5 heteroatoms. The molecule has 0 bridgehead atoms. The van der Waals surface area contributed by atoms with Crippen LogP contribution in [0, 0.1) is 0 Å². The predicted molar refractivity (Wildman–Crippen MR) is 78.7 cm³/mol. The maximum absolute atomic E-state index is 11.3. The Kier molecular flexibility index (Phi) is 6.48. The number of carbonyl (C=O) groups is 1. The molecular formula is C15H23NO4. The number of phenolic OH excluding ortho intramolecular Hbond substituents is 1. The van der Waals surface area contributed by atoms with Gasteiger partial charge in [0.25, 0.3) is 0 Å². The molecule has 20 heavy (non-hydrogen) atoms. The monoisotopic (exact) mass is 281 g/mol. The fourth-order valence-electron chi connectivity index (χ4n) is 2.12. The van der Waals surface area contributed by atoms with E-state index in [0.717, 1.165) is 5.69 Å². The number of hydrogen-bond donors (Lipinski definition) is 1. The Morgan fingerprint density at radius 2 is 2.05 bits per heavy atom. The van der Waals surface area contributed by atoms with E-state index in [9.17, 15) is 9.90 Å². The van der Waals surface area contributed by atoms with Gasteiger partial charge in [-0.1, -0.05) is 0 Å². The van der Waals surface area contributed by atoms with E-state index in [1.165, 1.54) is 6.92 Å². The molecular weight excluding hydrogens is 258 g/mol. The van der Waals surface area contributed by atoms with E-state index >= 15 is 0 Å². The van der Waals surface area contributed by atoms with Crippen molar-refractivity contribution in [3.63, 3.8) is 0 Å². The van der Waals surface area contributed by atoms with Crippen molar-refractivity contribution in [2.45, 2.75) is 19.9 Å². The summed E-state index contributed by atoms with van der Waals surface area (Å²) in [7, 11) is 3.30. The molecule has 1 unspecified atom stereocenters. The molecule has 1 N–H and O–H groups in total. The van der Waals surface area contributed by atoms with Crippen LogP contribution in [0.1, 0.15) is 24.2 Å². The summed E-state index contributed by atoms with van der Waals surface area (Å²) in [5.41, 5.74) is 1.17. The molecule has 0 spiro atoms. The Bertz CT molecular complexity index is 447. The molecule has 0 saturated carbocycles. The molecule has 1 rings (SSSR count). The average Bonchev–Trinajstić information content (AvgIpc) is 2.39. The minimum Gasteiger partial charge on any atom is -0.507 e. The number of carbonyl (C=O) groups excluding carboxylic acids is 1. The molecule has 0 aliphatic carbocycles. The summed E-state index contributed by atoms with van der Waals surface area (Å²) in [6.45, 7) is 5.29. The first-order chi connectivity index (χ1) is 9.51. The zero-order valence-corrected chi connectivity index (χ0v) is 12.5. The summed E-state index contributed by atoms with van der Waals surface area (Å²) >= 11 is 0. The number of aromatic hydroxyl groups is 1. The Hall–Kier alpha value is -1.59. The first kappa shape index (κ1) is 16.5. The SMILES string of the molecule is COCCN(c1ccc(C(C)=O)c(O)c1)C(C)COC. The molecule has 1 aromatic carbocycles. The number of methoxy groups -OCH3 is 2. The lowest BCUT2D eigenvalue weighted by molar-refractivity contribution is 0.101. The van der Waals surface area contributed by atoms with E-state index in [1.54, 1.807) is 26.4 Å². The Labute approximate surface area is 120 Å².